The molecule has 2 amide bonds. The molecule has 9 nitrogen and oxygen atoms in total. The number of amides is 2. The molecule has 10 heteroatoms. The van der Waals surface area contributed by atoms with Crippen molar-refractivity contribution in [1.29, 1.82) is 0 Å². The van der Waals surface area contributed by atoms with Crippen molar-refractivity contribution >= 4 is 23.6 Å². The lowest BCUT2D eigenvalue weighted by atomic mass is 10.1. The second kappa shape index (κ2) is 7.86. The van der Waals surface area contributed by atoms with Gasteiger partial charge in [-0.25, -0.2) is 0 Å². The molecule has 1 fully saturated rings. The van der Waals surface area contributed by atoms with Crippen LogP contribution in [-0.2, 0) is 14.4 Å². The van der Waals surface area contributed by atoms with E-state index in [4.69, 9.17) is 0 Å². The van der Waals surface area contributed by atoms with E-state index in [-0.39, 0.29) is 24.8 Å². The minimum Gasteiger partial charge on any atom is -0.508 e. The van der Waals surface area contributed by atoms with Crippen LogP contribution >= 0.6 is 11.8 Å². The van der Waals surface area contributed by atoms with Crippen LogP contribution in [0.25, 0.3) is 0 Å². The first kappa shape index (κ1) is 17.9. The fourth-order valence-electron chi connectivity index (χ4n) is 2.44. The molecule has 0 unspecified atom stereocenters. The third kappa shape index (κ3) is 4.07. The maximum atomic E-state index is 12.3. The minimum atomic E-state index is -0.937. The SMILES string of the molecule is CC(=O)N1[C@H](C(=O)NCCO[N+](=O)[O-])CS[C@H]1c1ccccc1O. The lowest BCUT2D eigenvalue weighted by Crippen LogP contribution is -2.47. The molecule has 0 spiro atoms. The first-order valence-corrected chi connectivity index (χ1v) is 8.20. The summed E-state index contributed by atoms with van der Waals surface area (Å²) < 4.78 is 0. The van der Waals surface area contributed by atoms with Crippen molar-refractivity contribution < 1.29 is 24.6 Å². The number of thioether (sulfide) groups is 1. The monoisotopic (exact) mass is 355 g/mol. The number of benzene rings is 1. The summed E-state index contributed by atoms with van der Waals surface area (Å²) >= 11 is 1.37. The Morgan fingerprint density at radius 1 is 1.50 bits per heavy atom. The molecule has 1 aromatic rings. The zero-order chi connectivity index (χ0) is 17.7. The van der Waals surface area contributed by atoms with Crippen LogP contribution in [0.2, 0.25) is 0 Å². The number of nitrogens with zero attached hydrogens (tertiary/aromatic N) is 2. The Balaban J connectivity index is 2.06. The van der Waals surface area contributed by atoms with Crippen molar-refractivity contribution in [2.75, 3.05) is 18.9 Å². The molecule has 0 aromatic heterocycles. The topological polar surface area (TPSA) is 122 Å². The molecular weight excluding hydrogens is 338 g/mol. The third-order valence-corrected chi connectivity index (χ3v) is 4.77. The van der Waals surface area contributed by atoms with Crippen LogP contribution < -0.4 is 5.32 Å². The van der Waals surface area contributed by atoms with Crippen molar-refractivity contribution in [3.8, 4) is 5.75 Å². The number of nitrogens with one attached hydrogen (secondary N) is 1. The molecule has 2 N–H and O–H groups in total. The number of phenolic OH excluding ortho intramolecular Hbond substituents is 1. The number of para-hydroxylation sites is 1. The summed E-state index contributed by atoms with van der Waals surface area (Å²) in [6.45, 7) is 1.06. The van der Waals surface area contributed by atoms with E-state index in [1.807, 2.05) is 0 Å². The van der Waals surface area contributed by atoms with Crippen LogP contribution in [0.3, 0.4) is 0 Å². The Morgan fingerprint density at radius 2 is 2.21 bits per heavy atom. The van der Waals surface area contributed by atoms with Gasteiger partial charge in [0.1, 0.15) is 23.8 Å². The third-order valence-electron chi connectivity index (χ3n) is 3.47. The Hall–Kier alpha value is -2.49. The zero-order valence-electron chi connectivity index (χ0n) is 12.9. The van der Waals surface area contributed by atoms with Gasteiger partial charge in [0.2, 0.25) is 11.8 Å². The number of hydrogen-bond donors (Lipinski definition) is 2. The van der Waals surface area contributed by atoms with Crippen LogP contribution in [0.15, 0.2) is 24.3 Å². The van der Waals surface area contributed by atoms with Crippen LogP contribution in [0.1, 0.15) is 17.9 Å². The predicted octanol–water partition coefficient (Wildman–Crippen LogP) is 0.679. The van der Waals surface area contributed by atoms with E-state index < -0.39 is 22.4 Å². The van der Waals surface area contributed by atoms with Crippen LogP contribution in [0.5, 0.6) is 5.75 Å². The molecule has 2 rings (SSSR count). The quantitative estimate of drug-likeness (QED) is 0.437. The zero-order valence-corrected chi connectivity index (χ0v) is 13.7. The number of hydrogen-bond acceptors (Lipinski definition) is 7. The number of phenols is 1. The summed E-state index contributed by atoms with van der Waals surface area (Å²) in [7, 11) is 0. The van der Waals surface area contributed by atoms with Gasteiger partial charge in [-0.3, -0.25) is 9.59 Å². The molecular formula is C14H17N3O6S. The average Bonchev–Trinajstić information content (AvgIpc) is 2.96. The highest BCUT2D eigenvalue weighted by atomic mass is 32.2. The van der Waals surface area contributed by atoms with Crippen molar-refractivity contribution in [3.63, 3.8) is 0 Å². The van der Waals surface area contributed by atoms with Crippen molar-refractivity contribution in [2.24, 2.45) is 0 Å². The Bertz CT molecular complexity index is 641. The van der Waals surface area contributed by atoms with Crippen molar-refractivity contribution in [3.05, 3.63) is 39.9 Å². The van der Waals surface area contributed by atoms with Gasteiger partial charge < -0.3 is 20.2 Å². The molecule has 1 saturated heterocycles. The molecule has 0 saturated carbocycles. The highest BCUT2D eigenvalue weighted by molar-refractivity contribution is 7.99. The molecule has 2 atom stereocenters. The van der Waals surface area contributed by atoms with Gasteiger partial charge in [0, 0.05) is 24.8 Å². The fourth-order valence-corrected chi connectivity index (χ4v) is 3.95. The van der Waals surface area contributed by atoms with E-state index in [2.05, 4.69) is 10.2 Å². The van der Waals surface area contributed by atoms with Gasteiger partial charge in [0.05, 0.1) is 0 Å². The van der Waals surface area contributed by atoms with Gasteiger partial charge in [-0.1, -0.05) is 18.2 Å². The molecule has 130 valence electrons. The van der Waals surface area contributed by atoms with Crippen molar-refractivity contribution in [1.82, 2.24) is 10.2 Å². The van der Waals surface area contributed by atoms with E-state index in [1.54, 1.807) is 18.2 Å². The summed E-state index contributed by atoms with van der Waals surface area (Å²) in [5, 5.41) is 21.2. The average molecular weight is 355 g/mol. The second-order valence-electron chi connectivity index (χ2n) is 5.03. The summed E-state index contributed by atoms with van der Waals surface area (Å²) in [6, 6.07) is 5.93. The van der Waals surface area contributed by atoms with Gasteiger partial charge in [0.15, 0.2) is 0 Å². The number of carbonyl (C=O) groups is 2. The van der Waals surface area contributed by atoms with Crippen LogP contribution in [-0.4, -0.2) is 51.9 Å². The molecule has 1 aliphatic heterocycles. The minimum absolute atomic E-state index is 0.0338. The van der Waals surface area contributed by atoms with Gasteiger partial charge in [-0.15, -0.1) is 21.9 Å². The molecule has 24 heavy (non-hydrogen) atoms. The van der Waals surface area contributed by atoms with Gasteiger partial charge >= 0.3 is 0 Å². The first-order valence-electron chi connectivity index (χ1n) is 7.15. The normalized spacial score (nSPS) is 19.8. The first-order chi connectivity index (χ1) is 11.4. The highest BCUT2D eigenvalue weighted by Crippen LogP contribution is 2.44. The molecule has 1 aromatic carbocycles. The largest absolute Gasteiger partial charge is 0.508 e. The summed E-state index contributed by atoms with van der Waals surface area (Å²) in [6.07, 6.45) is 0. The second-order valence-corrected chi connectivity index (χ2v) is 6.15. The Kier molecular flexibility index (Phi) is 5.85. The molecule has 0 bridgehead atoms. The molecule has 1 aliphatic rings. The van der Waals surface area contributed by atoms with E-state index in [1.165, 1.54) is 29.7 Å². The standard InChI is InChI=1S/C14H17N3O6S/c1-9(18)16-11(13(20)15-6-7-23-17(21)22)8-24-14(16)10-4-2-3-5-12(10)19/h2-5,11,14,19H,6-8H2,1H3,(H,15,20)/t11-,14-/m0/s1. The number of carbonyl (C=O) groups excluding carboxylic acids is 2. The lowest BCUT2D eigenvalue weighted by Gasteiger charge is -2.28. The van der Waals surface area contributed by atoms with Gasteiger partial charge in [0.25, 0.3) is 5.09 Å². The maximum absolute atomic E-state index is 12.3. The molecule has 1 heterocycles. The van der Waals surface area contributed by atoms with Gasteiger partial charge in [-0.05, 0) is 6.07 Å². The summed E-state index contributed by atoms with van der Waals surface area (Å²) in [5.41, 5.74) is 0.560. The summed E-state index contributed by atoms with van der Waals surface area (Å²) in [4.78, 5) is 39.9. The fraction of sp³-hybridized carbons (Fsp3) is 0.429. The van der Waals surface area contributed by atoms with Crippen molar-refractivity contribution in [2.45, 2.75) is 18.3 Å². The van der Waals surface area contributed by atoms with Crippen LogP contribution in [0, 0.1) is 10.1 Å². The smallest absolute Gasteiger partial charge is 0.294 e. The maximum Gasteiger partial charge on any atom is 0.294 e. The van der Waals surface area contributed by atoms with E-state index in [0.29, 0.717) is 11.3 Å². The Labute approximate surface area is 142 Å². The van der Waals surface area contributed by atoms with E-state index in [9.17, 15) is 24.8 Å². The number of aromatic hydroxyl groups is 1. The van der Waals surface area contributed by atoms with E-state index >= 15 is 0 Å². The summed E-state index contributed by atoms with van der Waals surface area (Å²) in [5.74, 6) is -0.292. The molecule has 0 aliphatic carbocycles. The van der Waals surface area contributed by atoms with Gasteiger partial charge in [-0.2, -0.15) is 0 Å². The van der Waals surface area contributed by atoms with Crippen LogP contribution in [0.4, 0.5) is 0 Å². The van der Waals surface area contributed by atoms with E-state index in [0.717, 1.165) is 0 Å². The predicted molar refractivity (Wildman–Crippen MR) is 85.6 cm³/mol. The lowest BCUT2D eigenvalue weighted by molar-refractivity contribution is -0.757. The Morgan fingerprint density at radius 3 is 2.83 bits per heavy atom. The molecule has 0 radical (unpaired) electrons. The number of rotatable bonds is 6. The highest BCUT2D eigenvalue weighted by Gasteiger charge is 2.41.